The molecule has 6 heteroatoms. The van der Waals surface area contributed by atoms with Crippen LogP contribution < -0.4 is 5.32 Å². The van der Waals surface area contributed by atoms with E-state index < -0.39 is 5.54 Å². The van der Waals surface area contributed by atoms with E-state index in [1.807, 2.05) is 19.9 Å². The summed E-state index contributed by atoms with van der Waals surface area (Å²) in [4.78, 5) is 15.9. The molecular formula is C12H17ClN2O2S. The molecule has 1 aromatic rings. The fraction of sp³-hybridized carbons (Fsp3) is 0.500. The smallest absolute Gasteiger partial charge is 0.326 e. The summed E-state index contributed by atoms with van der Waals surface area (Å²) in [5, 5.41) is 4.57. The normalized spacial score (nSPS) is 14.0. The zero-order valence-electron chi connectivity index (χ0n) is 10.7. The Morgan fingerprint density at radius 1 is 1.61 bits per heavy atom. The molecule has 4 nitrogen and oxygen atoms in total. The minimum atomic E-state index is -0.713. The van der Waals surface area contributed by atoms with Gasteiger partial charge in [0.2, 0.25) is 0 Å². The molecule has 0 saturated carbocycles. The lowest BCUT2D eigenvalue weighted by Crippen LogP contribution is -2.52. The summed E-state index contributed by atoms with van der Waals surface area (Å²) in [5.74, 6) is 0.271. The van der Waals surface area contributed by atoms with Crippen molar-refractivity contribution in [2.75, 3.05) is 19.4 Å². The first-order chi connectivity index (χ1) is 8.51. The Morgan fingerprint density at radius 3 is 2.83 bits per heavy atom. The van der Waals surface area contributed by atoms with Gasteiger partial charge in [0.1, 0.15) is 5.54 Å². The number of halogens is 1. The van der Waals surface area contributed by atoms with Crippen molar-refractivity contribution < 1.29 is 9.53 Å². The molecule has 100 valence electrons. The SMILES string of the molecule is CCNC(C)(CSc1ccc(Cl)cn1)C(=O)OC. The largest absolute Gasteiger partial charge is 0.468 e. The van der Waals surface area contributed by atoms with E-state index in [0.717, 1.165) is 5.03 Å². The van der Waals surface area contributed by atoms with Crippen LogP contribution >= 0.6 is 23.4 Å². The monoisotopic (exact) mass is 288 g/mol. The van der Waals surface area contributed by atoms with Gasteiger partial charge in [-0.25, -0.2) is 4.98 Å². The third kappa shape index (κ3) is 4.15. The van der Waals surface area contributed by atoms with E-state index >= 15 is 0 Å². The molecule has 1 aromatic heterocycles. The Labute approximate surface area is 116 Å². The van der Waals surface area contributed by atoms with Gasteiger partial charge in [0.25, 0.3) is 0 Å². The van der Waals surface area contributed by atoms with Gasteiger partial charge in [-0.3, -0.25) is 4.79 Å². The summed E-state index contributed by atoms with van der Waals surface area (Å²) < 4.78 is 4.82. The van der Waals surface area contributed by atoms with Gasteiger partial charge >= 0.3 is 5.97 Å². The molecule has 0 aromatic carbocycles. The second kappa shape index (κ2) is 6.97. The predicted molar refractivity (Wildman–Crippen MR) is 74.1 cm³/mol. The lowest BCUT2D eigenvalue weighted by molar-refractivity contribution is -0.146. The van der Waals surface area contributed by atoms with Crippen molar-refractivity contribution in [1.29, 1.82) is 0 Å². The third-order valence-electron chi connectivity index (χ3n) is 2.41. The van der Waals surface area contributed by atoms with Crippen LogP contribution in [0.25, 0.3) is 0 Å². The number of nitrogens with zero attached hydrogens (tertiary/aromatic N) is 1. The second-order valence-electron chi connectivity index (χ2n) is 3.96. The third-order valence-corrected chi connectivity index (χ3v) is 3.89. The maximum Gasteiger partial charge on any atom is 0.326 e. The molecule has 0 spiro atoms. The first kappa shape index (κ1) is 15.3. The minimum Gasteiger partial charge on any atom is -0.468 e. The molecule has 0 radical (unpaired) electrons. The number of methoxy groups -OCH3 is 1. The molecule has 0 saturated heterocycles. The predicted octanol–water partition coefficient (Wildman–Crippen LogP) is 2.37. The molecule has 0 aliphatic rings. The summed E-state index contributed by atoms with van der Waals surface area (Å²) >= 11 is 7.25. The van der Waals surface area contributed by atoms with Crippen molar-refractivity contribution in [3.63, 3.8) is 0 Å². The number of pyridine rings is 1. The molecule has 1 N–H and O–H groups in total. The number of likely N-dealkylation sites (N-methyl/N-ethyl adjacent to an activating group) is 1. The maximum absolute atomic E-state index is 11.8. The number of nitrogens with one attached hydrogen (secondary N) is 1. The average molecular weight is 289 g/mol. The molecule has 1 unspecified atom stereocenters. The first-order valence-electron chi connectivity index (χ1n) is 5.59. The fourth-order valence-corrected chi connectivity index (χ4v) is 2.52. The number of aromatic nitrogens is 1. The second-order valence-corrected chi connectivity index (χ2v) is 5.39. The Kier molecular flexibility index (Phi) is 5.91. The highest BCUT2D eigenvalue weighted by atomic mass is 35.5. The molecule has 1 rings (SSSR count). The van der Waals surface area contributed by atoms with Crippen molar-refractivity contribution in [2.24, 2.45) is 0 Å². The number of hydrogen-bond donors (Lipinski definition) is 1. The van der Waals surface area contributed by atoms with Crippen LogP contribution in [0, 0.1) is 0 Å². The van der Waals surface area contributed by atoms with E-state index in [1.165, 1.54) is 18.9 Å². The maximum atomic E-state index is 11.8. The number of hydrogen-bond acceptors (Lipinski definition) is 5. The minimum absolute atomic E-state index is 0.272. The number of rotatable bonds is 6. The van der Waals surface area contributed by atoms with Crippen LogP contribution in [0.2, 0.25) is 5.02 Å². The summed E-state index contributed by atoms with van der Waals surface area (Å²) in [6.45, 7) is 4.47. The van der Waals surface area contributed by atoms with Gasteiger partial charge < -0.3 is 10.1 Å². The molecule has 0 bridgehead atoms. The molecule has 0 aliphatic heterocycles. The van der Waals surface area contributed by atoms with Crippen LogP contribution in [-0.2, 0) is 9.53 Å². The van der Waals surface area contributed by atoms with Crippen molar-refractivity contribution in [3.05, 3.63) is 23.4 Å². The van der Waals surface area contributed by atoms with E-state index in [1.54, 1.807) is 12.3 Å². The fourth-order valence-electron chi connectivity index (χ4n) is 1.46. The number of carbonyl (C=O) groups is 1. The van der Waals surface area contributed by atoms with Crippen LogP contribution in [-0.4, -0.2) is 35.9 Å². The quantitative estimate of drug-likeness (QED) is 0.643. The van der Waals surface area contributed by atoms with Crippen molar-refractivity contribution in [2.45, 2.75) is 24.4 Å². The summed E-state index contributed by atoms with van der Waals surface area (Å²) in [6, 6.07) is 3.61. The van der Waals surface area contributed by atoms with Gasteiger partial charge in [0.15, 0.2) is 0 Å². The molecule has 0 amide bonds. The van der Waals surface area contributed by atoms with E-state index in [-0.39, 0.29) is 5.97 Å². The zero-order chi connectivity index (χ0) is 13.6. The van der Waals surface area contributed by atoms with Crippen LogP contribution in [0.5, 0.6) is 0 Å². The number of ether oxygens (including phenoxy) is 1. The lowest BCUT2D eigenvalue weighted by Gasteiger charge is -2.26. The Balaban J connectivity index is 2.67. The van der Waals surface area contributed by atoms with Crippen molar-refractivity contribution in [1.82, 2.24) is 10.3 Å². The van der Waals surface area contributed by atoms with Crippen LogP contribution in [0.15, 0.2) is 23.4 Å². The van der Waals surface area contributed by atoms with Gasteiger partial charge in [-0.15, -0.1) is 11.8 Å². The standard InChI is InChI=1S/C12H17ClN2O2S/c1-4-15-12(2,11(16)17-3)8-18-10-6-5-9(13)7-14-10/h5-7,15H,4,8H2,1-3H3. The van der Waals surface area contributed by atoms with Crippen LogP contribution in [0.4, 0.5) is 0 Å². The van der Waals surface area contributed by atoms with Gasteiger partial charge in [-0.1, -0.05) is 18.5 Å². The average Bonchev–Trinajstić information content (AvgIpc) is 2.37. The van der Waals surface area contributed by atoms with Gasteiger partial charge in [-0.05, 0) is 25.6 Å². The Bertz CT molecular complexity index is 400. The summed E-state index contributed by atoms with van der Waals surface area (Å²) in [5.41, 5.74) is -0.713. The highest BCUT2D eigenvalue weighted by Crippen LogP contribution is 2.22. The number of carbonyl (C=O) groups excluding carboxylic acids is 1. The topological polar surface area (TPSA) is 51.2 Å². The number of thioether (sulfide) groups is 1. The molecule has 0 fully saturated rings. The van der Waals surface area contributed by atoms with Gasteiger partial charge in [0.05, 0.1) is 17.2 Å². The molecule has 1 atom stereocenters. The van der Waals surface area contributed by atoms with Gasteiger partial charge in [0, 0.05) is 11.9 Å². The molecular weight excluding hydrogens is 272 g/mol. The highest BCUT2D eigenvalue weighted by Gasteiger charge is 2.33. The molecule has 1 heterocycles. The van der Waals surface area contributed by atoms with E-state index in [2.05, 4.69) is 10.3 Å². The zero-order valence-corrected chi connectivity index (χ0v) is 12.3. The Hall–Kier alpha value is -0.780. The lowest BCUT2D eigenvalue weighted by atomic mass is 10.1. The first-order valence-corrected chi connectivity index (χ1v) is 6.96. The summed E-state index contributed by atoms with van der Waals surface area (Å²) in [7, 11) is 1.39. The highest BCUT2D eigenvalue weighted by molar-refractivity contribution is 7.99. The molecule has 0 aliphatic carbocycles. The Morgan fingerprint density at radius 2 is 2.33 bits per heavy atom. The van der Waals surface area contributed by atoms with E-state index in [9.17, 15) is 4.79 Å². The van der Waals surface area contributed by atoms with Crippen molar-refractivity contribution >= 4 is 29.3 Å². The van der Waals surface area contributed by atoms with Crippen LogP contribution in [0.3, 0.4) is 0 Å². The van der Waals surface area contributed by atoms with E-state index in [0.29, 0.717) is 17.3 Å². The van der Waals surface area contributed by atoms with Gasteiger partial charge in [-0.2, -0.15) is 0 Å². The van der Waals surface area contributed by atoms with Crippen molar-refractivity contribution in [3.8, 4) is 0 Å². The molecule has 18 heavy (non-hydrogen) atoms. The van der Waals surface area contributed by atoms with E-state index in [4.69, 9.17) is 16.3 Å². The number of esters is 1. The van der Waals surface area contributed by atoms with Crippen LogP contribution in [0.1, 0.15) is 13.8 Å². The summed E-state index contributed by atoms with van der Waals surface area (Å²) in [6.07, 6.45) is 1.59.